The molecule has 0 aliphatic carbocycles. The Kier molecular flexibility index (Phi) is 4.94. The highest BCUT2D eigenvalue weighted by atomic mass is 16.5. The van der Waals surface area contributed by atoms with Gasteiger partial charge in [0, 0.05) is 18.6 Å². The minimum Gasteiger partial charge on any atom is -0.381 e. The van der Waals surface area contributed by atoms with Crippen LogP contribution in [0.4, 0.5) is 0 Å². The van der Waals surface area contributed by atoms with E-state index in [0.29, 0.717) is 18.6 Å². The van der Waals surface area contributed by atoms with E-state index in [2.05, 4.69) is 6.07 Å². The molecule has 0 atom stereocenters. The summed E-state index contributed by atoms with van der Waals surface area (Å²) in [7, 11) is 0. The molecule has 0 fully saturated rings. The zero-order valence-electron chi connectivity index (χ0n) is 8.45. The quantitative estimate of drug-likeness (QED) is 0.510. The van der Waals surface area contributed by atoms with Crippen molar-refractivity contribution in [3.05, 3.63) is 35.9 Å². The molecule has 0 saturated heterocycles. The molecule has 0 bridgehead atoms. The van der Waals surface area contributed by atoms with Crippen molar-refractivity contribution in [2.24, 2.45) is 0 Å². The second-order valence-corrected chi connectivity index (χ2v) is 3.06. The van der Waals surface area contributed by atoms with Crippen LogP contribution in [0.25, 0.3) is 0 Å². The monoisotopic (exact) mass is 191 g/mol. The number of carbonyl (C=O) groups excluding carboxylic acids is 1. The number of ether oxygens (including phenoxy) is 1. The van der Waals surface area contributed by atoms with Crippen molar-refractivity contribution in [1.82, 2.24) is 0 Å². The Bertz CT molecular complexity index is 267. The van der Waals surface area contributed by atoms with Gasteiger partial charge in [0.2, 0.25) is 0 Å². The molecule has 0 saturated carbocycles. The molecule has 1 aromatic carbocycles. The average Bonchev–Trinajstić information content (AvgIpc) is 2.25. The fraction of sp³-hybridized carbons (Fsp3) is 0.417. The first-order chi connectivity index (χ1) is 6.84. The third-order valence-electron chi connectivity index (χ3n) is 1.83. The number of benzene rings is 1. The molecule has 2 heteroatoms. The molecular weight excluding hydrogens is 176 g/mol. The van der Waals surface area contributed by atoms with Gasteiger partial charge in [-0.25, -0.2) is 0 Å². The molecule has 1 radical (unpaired) electrons. The summed E-state index contributed by atoms with van der Waals surface area (Å²) < 4.78 is 5.24. The van der Waals surface area contributed by atoms with Crippen molar-refractivity contribution >= 4 is 5.78 Å². The number of ketones is 1. The van der Waals surface area contributed by atoms with Crippen molar-refractivity contribution in [2.45, 2.75) is 19.8 Å². The normalized spacial score (nSPS) is 10.1. The van der Waals surface area contributed by atoms with Gasteiger partial charge in [0.25, 0.3) is 0 Å². The first kappa shape index (κ1) is 10.9. The van der Waals surface area contributed by atoms with Crippen LogP contribution in [0.3, 0.4) is 0 Å². The number of hydrogen-bond acceptors (Lipinski definition) is 2. The van der Waals surface area contributed by atoms with Gasteiger partial charge in [0.1, 0.15) is 0 Å². The highest BCUT2D eigenvalue weighted by Gasteiger charge is 2.03. The summed E-state index contributed by atoms with van der Waals surface area (Å²) in [5.74, 6) is 0.0988. The van der Waals surface area contributed by atoms with Gasteiger partial charge in [0.05, 0.1) is 6.61 Å². The lowest BCUT2D eigenvalue weighted by molar-refractivity contribution is 0.0878. The van der Waals surface area contributed by atoms with Crippen molar-refractivity contribution in [2.75, 3.05) is 13.2 Å². The maximum absolute atomic E-state index is 11.5. The van der Waals surface area contributed by atoms with Crippen LogP contribution in [0.1, 0.15) is 30.1 Å². The minimum atomic E-state index is 0.0988. The van der Waals surface area contributed by atoms with Crippen molar-refractivity contribution in [3.63, 3.8) is 0 Å². The lowest BCUT2D eigenvalue weighted by atomic mass is 10.1. The zero-order chi connectivity index (χ0) is 10.2. The largest absolute Gasteiger partial charge is 0.381 e. The van der Waals surface area contributed by atoms with Gasteiger partial charge in [-0.05, 0) is 12.5 Å². The number of Topliss-reactive ketones (excluding diaryl/α,β-unsaturated/α-hetero) is 1. The number of rotatable bonds is 6. The Balaban J connectivity index is 2.29. The SMILES string of the molecule is CCCOCCC(=O)c1[c]cccc1. The Morgan fingerprint density at radius 3 is 2.93 bits per heavy atom. The predicted molar refractivity (Wildman–Crippen MR) is 55.3 cm³/mol. The summed E-state index contributed by atoms with van der Waals surface area (Å²) in [6.45, 7) is 3.29. The molecule has 75 valence electrons. The van der Waals surface area contributed by atoms with Gasteiger partial charge in [-0.15, -0.1) is 0 Å². The average molecular weight is 191 g/mol. The van der Waals surface area contributed by atoms with Gasteiger partial charge in [0.15, 0.2) is 5.78 Å². The Hall–Kier alpha value is -1.15. The molecule has 0 heterocycles. The van der Waals surface area contributed by atoms with Crippen LogP contribution in [-0.2, 0) is 4.74 Å². The topological polar surface area (TPSA) is 26.3 Å². The molecule has 14 heavy (non-hydrogen) atoms. The fourth-order valence-corrected chi connectivity index (χ4v) is 1.11. The fourth-order valence-electron chi connectivity index (χ4n) is 1.11. The standard InChI is InChI=1S/C12H15O2/c1-2-9-14-10-8-12(13)11-6-4-3-5-7-11/h3-6H,2,8-10H2,1H3. The molecular formula is C12H15O2. The summed E-state index contributed by atoms with van der Waals surface area (Å²) in [6.07, 6.45) is 1.44. The van der Waals surface area contributed by atoms with E-state index in [1.165, 1.54) is 0 Å². The lowest BCUT2D eigenvalue weighted by Gasteiger charge is -2.01. The molecule has 2 nitrogen and oxygen atoms in total. The second-order valence-electron chi connectivity index (χ2n) is 3.06. The third-order valence-corrected chi connectivity index (χ3v) is 1.83. The molecule has 0 amide bonds. The molecule has 0 N–H and O–H groups in total. The van der Waals surface area contributed by atoms with Crippen LogP contribution in [0.5, 0.6) is 0 Å². The summed E-state index contributed by atoms with van der Waals surface area (Å²) in [5.41, 5.74) is 0.646. The van der Waals surface area contributed by atoms with Gasteiger partial charge in [-0.1, -0.05) is 31.2 Å². The number of carbonyl (C=O) groups is 1. The van der Waals surface area contributed by atoms with Crippen molar-refractivity contribution in [1.29, 1.82) is 0 Å². The molecule has 0 aliphatic heterocycles. The summed E-state index contributed by atoms with van der Waals surface area (Å²) in [5, 5.41) is 0. The lowest BCUT2D eigenvalue weighted by Crippen LogP contribution is -2.05. The maximum atomic E-state index is 11.5. The third kappa shape index (κ3) is 3.71. The molecule has 0 spiro atoms. The first-order valence-electron chi connectivity index (χ1n) is 4.92. The van der Waals surface area contributed by atoms with Crippen LogP contribution in [-0.4, -0.2) is 19.0 Å². The van der Waals surface area contributed by atoms with E-state index in [1.54, 1.807) is 12.1 Å². The van der Waals surface area contributed by atoms with Crippen molar-refractivity contribution < 1.29 is 9.53 Å². The molecule has 0 aliphatic rings. The van der Waals surface area contributed by atoms with Crippen LogP contribution in [0.2, 0.25) is 0 Å². The van der Waals surface area contributed by atoms with Crippen LogP contribution in [0, 0.1) is 6.07 Å². The summed E-state index contributed by atoms with van der Waals surface area (Å²) >= 11 is 0. The van der Waals surface area contributed by atoms with Crippen molar-refractivity contribution in [3.8, 4) is 0 Å². The van der Waals surface area contributed by atoms with Gasteiger partial charge in [-0.3, -0.25) is 4.79 Å². The van der Waals surface area contributed by atoms with E-state index >= 15 is 0 Å². The smallest absolute Gasteiger partial charge is 0.165 e. The minimum absolute atomic E-state index is 0.0988. The van der Waals surface area contributed by atoms with E-state index in [1.807, 2.05) is 19.1 Å². The van der Waals surface area contributed by atoms with E-state index in [4.69, 9.17) is 4.74 Å². The molecule has 0 aromatic heterocycles. The van der Waals surface area contributed by atoms with Gasteiger partial charge in [-0.2, -0.15) is 0 Å². The first-order valence-corrected chi connectivity index (χ1v) is 4.92. The van der Waals surface area contributed by atoms with Gasteiger partial charge >= 0.3 is 0 Å². The van der Waals surface area contributed by atoms with E-state index in [9.17, 15) is 4.79 Å². The van der Waals surface area contributed by atoms with Crippen LogP contribution < -0.4 is 0 Å². The molecule has 1 rings (SSSR count). The predicted octanol–water partition coefficient (Wildman–Crippen LogP) is 2.49. The van der Waals surface area contributed by atoms with E-state index in [-0.39, 0.29) is 5.78 Å². The summed E-state index contributed by atoms with van der Waals surface area (Å²) in [4.78, 5) is 11.5. The zero-order valence-corrected chi connectivity index (χ0v) is 8.45. The van der Waals surface area contributed by atoms with Crippen LogP contribution >= 0.6 is 0 Å². The van der Waals surface area contributed by atoms with Crippen LogP contribution in [0.15, 0.2) is 24.3 Å². The Morgan fingerprint density at radius 2 is 2.29 bits per heavy atom. The Labute approximate surface area is 84.9 Å². The van der Waals surface area contributed by atoms with E-state index in [0.717, 1.165) is 13.0 Å². The van der Waals surface area contributed by atoms with E-state index < -0.39 is 0 Å². The highest BCUT2D eigenvalue weighted by Crippen LogP contribution is 2.02. The Morgan fingerprint density at radius 1 is 1.43 bits per heavy atom. The summed E-state index contributed by atoms with van der Waals surface area (Å²) in [6, 6.07) is 10.1. The molecule has 0 unspecified atom stereocenters. The maximum Gasteiger partial charge on any atom is 0.165 e. The molecule has 1 aromatic rings. The second kappa shape index (κ2) is 6.33. The number of hydrogen-bond donors (Lipinski definition) is 0. The van der Waals surface area contributed by atoms with Gasteiger partial charge < -0.3 is 4.74 Å². The highest BCUT2D eigenvalue weighted by molar-refractivity contribution is 5.95.